The van der Waals surface area contributed by atoms with Crippen molar-refractivity contribution in [1.82, 2.24) is 10.5 Å². The molecule has 1 unspecified atom stereocenters. The zero-order valence-electron chi connectivity index (χ0n) is 10.1. The van der Waals surface area contributed by atoms with E-state index in [0.29, 0.717) is 12.2 Å². The van der Waals surface area contributed by atoms with Crippen molar-refractivity contribution >= 4 is 11.9 Å². The molecule has 0 aromatic carbocycles. The van der Waals surface area contributed by atoms with Gasteiger partial charge in [0.25, 0.3) is 0 Å². The summed E-state index contributed by atoms with van der Waals surface area (Å²) in [7, 11) is 0. The lowest BCUT2D eigenvalue weighted by Crippen LogP contribution is -2.38. The minimum Gasteiger partial charge on any atom is -0.480 e. The van der Waals surface area contributed by atoms with Gasteiger partial charge in [-0.15, -0.1) is 0 Å². The molecule has 0 bridgehead atoms. The van der Waals surface area contributed by atoms with E-state index in [1.165, 1.54) is 6.92 Å². The Morgan fingerprint density at radius 2 is 2.12 bits per heavy atom. The number of aliphatic carboxylic acids is 1. The lowest BCUT2D eigenvalue weighted by Gasteiger charge is -2.08. The van der Waals surface area contributed by atoms with Crippen LogP contribution in [0.3, 0.4) is 0 Å². The molecule has 0 saturated heterocycles. The summed E-state index contributed by atoms with van der Waals surface area (Å²) in [5.74, 6) is -0.642. The summed E-state index contributed by atoms with van der Waals surface area (Å²) in [5, 5.41) is 14.8. The molecule has 0 aliphatic heterocycles. The van der Waals surface area contributed by atoms with Gasteiger partial charge in [0, 0.05) is 12.0 Å². The summed E-state index contributed by atoms with van der Waals surface area (Å²) in [6.45, 7) is 5.02. The van der Waals surface area contributed by atoms with Crippen molar-refractivity contribution in [3.05, 3.63) is 17.0 Å². The highest BCUT2D eigenvalue weighted by Crippen LogP contribution is 2.14. The third-order valence-corrected chi connectivity index (χ3v) is 2.53. The fourth-order valence-corrected chi connectivity index (χ4v) is 1.47. The molecule has 1 rings (SSSR count). The van der Waals surface area contributed by atoms with Gasteiger partial charge < -0.3 is 14.9 Å². The van der Waals surface area contributed by atoms with Gasteiger partial charge in [-0.25, -0.2) is 0 Å². The number of aromatic nitrogens is 1. The Morgan fingerprint density at radius 1 is 1.47 bits per heavy atom. The quantitative estimate of drug-likeness (QED) is 0.794. The third kappa shape index (κ3) is 3.58. The molecule has 1 amide bonds. The predicted molar refractivity (Wildman–Crippen MR) is 59.5 cm³/mol. The molecule has 0 aliphatic carbocycles. The van der Waals surface area contributed by atoms with Crippen molar-refractivity contribution in [2.75, 3.05) is 0 Å². The highest BCUT2D eigenvalue weighted by atomic mass is 16.5. The molecule has 0 radical (unpaired) electrons. The van der Waals surface area contributed by atoms with Crippen LogP contribution < -0.4 is 5.32 Å². The number of nitrogens with zero attached hydrogens (tertiary/aromatic N) is 1. The van der Waals surface area contributed by atoms with E-state index < -0.39 is 12.0 Å². The topological polar surface area (TPSA) is 92.4 Å². The Morgan fingerprint density at radius 3 is 2.59 bits per heavy atom. The summed E-state index contributed by atoms with van der Waals surface area (Å²) in [6.07, 6.45) is 0.722. The van der Waals surface area contributed by atoms with Crippen LogP contribution in [0.5, 0.6) is 0 Å². The van der Waals surface area contributed by atoms with E-state index in [1.807, 2.05) is 6.92 Å². The predicted octanol–water partition coefficient (Wildman–Crippen LogP) is 0.813. The first-order valence-corrected chi connectivity index (χ1v) is 5.35. The maximum Gasteiger partial charge on any atom is 0.325 e. The van der Waals surface area contributed by atoms with E-state index in [2.05, 4.69) is 10.5 Å². The van der Waals surface area contributed by atoms with Gasteiger partial charge in [0.05, 0.1) is 5.69 Å². The maximum atomic E-state index is 11.5. The Hall–Kier alpha value is -1.85. The van der Waals surface area contributed by atoms with Gasteiger partial charge in [-0.2, -0.15) is 0 Å². The number of carboxylic acid groups (broad SMARTS) is 1. The molecule has 94 valence electrons. The Balaban J connectivity index is 2.46. The second-order valence-corrected chi connectivity index (χ2v) is 3.93. The molecule has 1 aromatic heterocycles. The fourth-order valence-electron chi connectivity index (χ4n) is 1.47. The van der Waals surface area contributed by atoms with Gasteiger partial charge >= 0.3 is 5.97 Å². The molecule has 17 heavy (non-hydrogen) atoms. The molecule has 1 atom stereocenters. The van der Waals surface area contributed by atoms with Crippen LogP contribution in [0.2, 0.25) is 0 Å². The normalized spacial score (nSPS) is 12.2. The average Bonchev–Trinajstić information content (AvgIpc) is 2.56. The zero-order valence-corrected chi connectivity index (χ0v) is 10.1. The standard InChI is InChI=1S/C11H16N2O4/c1-6-9(8(3)17-13-6)4-5-10(14)12-7(2)11(15)16/h7H,4-5H2,1-3H3,(H,12,14)(H,15,16). The third-order valence-electron chi connectivity index (χ3n) is 2.53. The molecule has 1 aromatic rings. The maximum absolute atomic E-state index is 11.5. The van der Waals surface area contributed by atoms with Gasteiger partial charge in [0.15, 0.2) is 0 Å². The highest BCUT2D eigenvalue weighted by molar-refractivity contribution is 5.83. The molecule has 2 N–H and O–H groups in total. The lowest BCUT2D eigenvalue weighted by atomic mass is 10.1. The number of aryl methyl sites for hydroxylation is 2. The largest absolute Gasteiger partial charge is 0.480 e. The van der Waals surface area contributed by atoms with Crippen LogP contribution in [-0.4, -0.2) is 28.2 Å². The van der Waals surface area contributed by atoms with Crippen molar-refractivity contribution < 1.29 is 19.2 Å². The fraction of sp³-hybridized carbons (Fsp3) is 0.545. The SMILES string of the molecule is Cc1noc(C)c1CCC(=O)NC(C)C(=O)O. The summed E-state index contributed by atoms with van der Waals surface area (Å²) < 4.78 is 4.97. The van der Waals surface area contributed by atoms with Crippen LogP contribution in [0.1, 0.15) is 30.4 Å². The molecule has 0 fully saturated rings. The molecule has 6 nitrogen and oxygen atoms in total. The first-order chi connectivity index (χ1) is 7.91. The Kier molecular flexibility index (Phi) is 4.25. The van der Waals surface area contributed by atoms with Crippen LogP contribution in [0, 0.1) is 13.8 Å². The Labute approximate surface area is 99.0 Å². The van der Waals surface area contributed by atoms with Gasteiger partial charge in [-0.05, 0) is 27.2 Å². The monoisotopic (exact) mass is 240 g/mol. The number of carbonyl (C=O) groups excluding carboxylic acids is 1. The number of hydrogen-bond acceptors (Lipinski definition) is 4. The van der Waals surface area contributed by atoms with E-state index in [-0.39, 0.29) is 12.3 Å². The second-order valence-electron chi connectivity index (χ2n) is 3.93. The minimum absolute atomic E-state index is 0.223. The van der Waals surface area contributed by atoms with Crippen molar-refractivity contribution in [3.8, 4) is 0 Å². The van der Waals surface area contributed by atoms with Crippen molar-refractivity contribution in [2.24, 2.45) is 0 Å². The molecular formula is C11H16N2O4. The summed E-state index contributed by atoms with van der Waals surface area (Å²) in [5.41, 5.74) is 1.67. The van der Waals surface area contributed by atoms with Gasteiger partial charge in [-0.3, -0.25) is 9.59 Å². The first-order valence-electron chi connectivity index (χ1n) is 5.35. The van der Waals surface area contributed by atoms with Crippen molar-refractivity contribution in [1.29, 1.82) is 0 Å². The van der Waals surface area contributed by atoms with Crippen LogP contribution in [0.4, 0.5) is 0 Å². The minimum atomic E-state index is -1.05. The van der Waals surface area contributed by atoms with Crippen LogP contribution in [0.15, 0.2) is 4.52 Å². The summed E-state index contributed by atoms with van der Waals surface area (Å²) in [6, 6.07) is -0.868. The number of carboxylic acids is 1. The van der Waals surface area contributed by atoms with Crippen molar-refractivity contribution in [2.45, 2.75) is 39.7 Å². The highest BCUT2D eigenvalue weighted by Gasteiger charge is 2.15. The average molecular weight is 240 g/mol. The van der Waals surface area contributed by atoms with Crippen molar-refractivity contribution in [3.63, 3.8) is 0 Å². The van der Waals surface area contributed by atoms with E-state index in [9.17, 15) is 9.59 Å². The number of carbonyl (C=O) groups is 2. The second kappa shape index (κ2) is 5.47. The van der Waals surface area contributed by atoms with Gasteiger partial charge in [0.1, 0.15) is 11.8 Å². The molecule has 6 heteroatoms. The number of amides is 1. The number of rotatable bonds is 5. The number of hydrogen-bond donors (Lipinski definition) is 2. The van der Waals surface area contributed by atoms with Crippen LogP contribution in [-0.2, 0) is 16.0 Å². The molecule has 0 saturated carbocycles. The first kappa shape index (κ1) is 13.2. The smallest absolute Gasteiger partial charge is 0.325 e. The van der Waals surface area contributed by atoms with E-state index >= 15 is 0 Å². The molecular weight excluding hydrogens is 224 g/mol. The van der Waals surface area contributed by atoms with E-state index in [4.69, 9.17) is 9.63 Å². The van der Waals surface area contributed by atoms with E-state index in [1.54, 1.807) is 6.92 Å². The zero-order chi connectivity index (χ0) is 13.0. The number of nitrogens with one attached hydrogen (secondary N) is 1. The lowest BCUT2D eigenvalue weighted by molar-refractivity contribution is -0.141. The molecule has 0 aliphatic rings. The molecule has 1 heterocycles. The summed E-state index contributed by atoms with van der Waals surface area (Å²) >= 11 is 0. The van der Waals surface area contributed by atoms with Crippen LogP contribution in [0.25, 0.3) is 0 Å². The van der Waals surface area contributed by atoms with Crippen LogP contribution >= 0.6 is 0 Å². The molecule has 0 spiro atoms. The Bertz CT molecular complexity index is 406. The van der Waals surface area contributed by atoms with Gasteiger partial charge in [0.2, 0.25) is 5.91 Å². The van der Waals surface area contributed by atoms with E-state index in [0.717, 1.165) is 11.3 Å². The van der Waals surface area contributed by atoms with Gasteiger partial charge in [-0.1, -0.05) is 5.16 Å². The summed E-state index contributed by atoms with van der Waals surface area (Å²) in [4.78, 5) is 22.0.